The van der Waals surface area contributed by atoms with E-state index in [0.29, 0.717) is 33.7 Å². The molecule has 3 aromatic heterocycles. The number of amides is 1. The Balaban J connectivity index is 1.55. The van der Waals surface area contributed by atoms with E-state index in [2.05, 4.69) is 20.4 Å². The average Bonchev–Trinajstić information content (AvgIpc) is 3.36. The molecule has 0 aliphatic heterocycles. The molecule has 2 aromatic carbocycles. The Hall–Kier alpha value is -4.86. The maximum atomic E-state index is 13.3. The topological polar surface area (TPSA) is 112 Å². The Morgan fingerprint density at radius 1 is 1.08 bits per heavy atom. The lowest BCUT2D eigenvalue weighted by molar-refractivity contribution is -0.116. The molecule has 0 aliphatic rings. The molecule has 1 N–H and O–H groups in total. The minimum Gasteiger partial charge on any atom is -0.495 e. The van der Waals surface area contributed by atoms with Crippen molar-refractivity contribution >= 4 is 22.6 Å². The van der Waals surface area contributed by atoms with Gasteiger partial charge >= 0.3 is 0 Å². The number of carbonyl (C=O) groups excluding carboxylic acids is 1. The number of nitrogens with one attached hydrogen (secondary N) is 1. The van der Waals surface area contributed by atoms with Gasteiger partial charge in [0, 0.05) is 17.5 Å². The molecular formula is C27H22FN5O4. The normalized spacial score (nSPS) is 11.0. The number of hydrogen-bond donors (Lipinski definition) is 1. The molecule has 10 heteroatoms. The predicted molar refractivity (Wildman–Crippen MR) is 136 cm³/mol. The van der Waals surface area contributed by atoms with Crippen LogP contribution in [0.5, 0.6) is 5.75 Å². The number of hydrogen-bond acceptors (Lipinski definition) is 7. The van der Waals surface area contributed by atoms with Gasteiger partial charge in [0.05, 0.1) is 18.2 Å². The average molecular weight is 500 g/mol. The summed E-state index contributed by atoms with van der Waals surface area (Å²) in [5.74, 6) is -0.0406. The van der Waals surface area contributed by atoms with Crippen LogP contribution in [0.4, 0.5) is 10.1 Å². The Morgan fingerprint density at radius 2 is 1.86 bits per heavy atom. The first-order valence-electron chi connectivity index (χ1n) is 11.4. The van der Waals surface area contributed by atoms with E-state index in [1.54, 1.807) is 29.7 Å². The third-order valence-electron chi connectivity index (χ3n) is 5.76. The van der Waals surface area contributed by atoms with E-state index in [0.717, 1.165) is 5.56 Å². The first kappa shape index (κ1) is 23.9. The molecule has 0 atom stereocenters. The molecule has 0 fully saturated rings. The maximum Gasteiger partial charge on any atom is 0.263 e. The fourth-order valence-electron chi connectivity index (χ4n) is 3.95. The number of fused-ring (bicyclic) bond motifs is 1. The van der Waals surface area contributed by atoms with E-state index in [-0.39, 0.29) is 35.2 Å². The van der Waals surface area contributed by atoms with Crippen LogP contribution in [0.15, 0.2) is 70.1 Å². The molecule has 0 aliphatic carbocycles. The molecule has 37 heavy (non-hydrogen) atoms. The summed E-state index contributed by atoms with van der Waals surface area (Å²) in [7, 11) is 1.53. The largest absolute Gasteiger partial charge is 0.495 e. The molecule has 186 valence electrons. The van der Waals surface area contributed by atoms with Crippen molar-refractivity contribution in [3.8, 4) is 28.6 Å². The minimum absolute atomic E-state index is 0.0266. The summed E-state index contributed by atoms with van der Waals surface area (Å²) in [4.78, 5) is 35.2. The van der Waals surface area contributed by atoms with Gasteiger partial charge in [-0.1, -0.05) is 11.2 Å². The molecule has 9 nitrogen and oxygen atoms in total. The summed E-state index contributed by atoms with van der Waals surface area (Å²) in [5, 5.41) is 7.09. The summed E-state index contributed by atoms with van der Waals surface area (Å²) >= 11 is 0. The van der Waals surface area contributed by atoms with Crippen LogP contribution in [0.1, 0.15) is 11.3 Å². The van der Waals surface area contributed by atoms with Crippen LogP contribution in [0.25, 0.3) is 33.9 Å². The lowest BCUT2D eigenvalue weighted by Gasteiger charge is -2.14. The Kier molecular flexibility index (Phi) is 6.22. The highest BCUT2D eigenvalue weighted by atomic mass is 19.1. The second-order valence-electron chi connectivity index (χ2n) is 8.51. The molecular weight excluding hydrogens is 477 g/mol. The summed E-state index contributed by atoms with van der Waals surface area (Å²) in [6, 6.07) is 14.4. The zero-order chi connectivity index (χ0) is 26.1. The van der Waals surface area contributed by atoms with E-state index < -0.39 is 5.82 Å². The summed E-state index contributed by atoms with van der Waals surface area (Å²) < 4.78 is 25.6. The van der Waals surface area contributed by atoms with Gasteiger partial charge in [0.25, 0.3) is 5.89 Å². The first-order chi connectivity index (χ1) is 17.8. The maximum absolute atomic E-state index is 13.3. The Bertz CT molecular complexity index is 1690. The number of ether oxygens (including phenoxy) is 1. The number of rotatable bonds is 6. The monoisotopic (exact) mass is 499 g/mol. The van der Waals surface area contributed by atoms with Crippen molar-refractivity contribution < 1.29 is 18.4 Å². The van der Waals surface area contributed by atoms with E-state index in [9.17, 15) is 14.0 Å². The van der Waals surface area contributed by atoms with Gasteiger partial charge in [0.1, 0.15) is 29.3 Å². The minimum atomic E-state index is -0.394. The standard InChI is InChI=1S/C27H22FN5O4/c1-15-4-11-22(36-3)21(12-15)30-23(34)14-33-13-20(24(35)19-10-5-16(2)29-26(19)33)27-31-25(32-37-27)17-6-8-18(28)9-7-17/h4-13H,14H2,1-3H3,(H,30,34). The second-order valence-corrected chi connectivity index (χ2v) is 8.51. The zero-order valence-electron chi connectivity index (χ0n) is 20.3. The Labute approximate surface area is 210 Å². The van der Waals surface area contributed by atoms with Crippen molar-refractivity contribution in [2.24, 2.45) is 0 Å². The van der Waals surface area contributed by atoms with Crippen LogP contribution in [0.2, 0.25) is 0 Å². The molecule has 0 saturated carbocycles. The molecule has 0 radical (unpaired) electrons. The number of aromatic nitrogens is 4. The highest BCUT2D eigenvalue weighted by Gasteiger charge is 2.19. The van der Waals surface area contributed by atoms with E-state index in [4.69, 9.17) is 9.26 Å². The van der Waals surface area contributed by atoms with Gasteiger partial charge in [0.15, 0.2) is 0 Å². The second kappa shape index (κ2) is 9.65. The lowest BCUT2D eigenvalue weighted by atomic mass is 10.1. The van der Waals surface area contributed by atoms with Crippen molar-refractivity contribution in [3.05, 3.63) is 88.1 Å². The number of halogens is 1. The van der Waals surface area contributed by atoms with Crippen LogP contribution in [-0.2, 0) is 11.3 Å². The lowest BCUT2D eigenvalue weighted by Crippen LogP contribution is -2.22. The number of aryl methyl sites for hydroxylation is 2. The molecule has 3 heterocycles. The zero-order valence-corrected chi connectivity index (χ0v) is 20.3. The number of nitrogens with zero attached hydrogens (tertiary/aromatic N) is 4. The van der Waals surface area contributed by atoms with E-state index in [1.165, 1.54) is 37.6 Å². The molecule has 0 saturated heterocycles. The molecule has 5 aromatic rings. The third kappa shape index (κ3) is 4.81. The van der Waals surface area contributed by atoms with Crippen molar-refractivity contribution in [2.45, 2.75) is 20.4 Å². The van der Waals surface area contributed by atoms with Crippen LogP contribution >= 0.6 is 0 Å². The van der Waals surface area contributed by atoms with E-state index >= 15 is 0 Å². The fourth-order valence-corrected chi connectivity index (χ4v) is 3.95. The molecule has 0 spiro atoms. The van der Waals surface area contributed by atoms with Crippen molar-refractivity contribution in [3.63, 3.8) is 0 Å². The fraction of sp³-hybridized carbons (Fsp3) is 0.148. The molecule has 0 bridgehead atoms. The van der Waals surface area contributed by atoms with Gasteiger partial charge in [0.2, 0.25) is 17.2 Å². The van der Waals surface area contributed by atoms with Crippen LogP contribution < -0.4 is 15.5 Å². The predicted octanol–water partition coefficient (Wildman–Crippen LogP) is 4.52. The van der Waals surface area contributed by atoms with Gasteiger partial charge < -0.3 is 19.1 Å². The number of carbonyl (C=O) groups is 1. The number of anilines is 1. The molecule has 0 unspecified atom stereocenters. The SMILES string of the molecule is COc1ccc(C)cc1NC(=O)Cn1cc(-c2nc(-c3ccc(F)cc3)no2)c(=O)c2ccc(C)nc21. The summed E-state index contributed by atoms with van der Waals surface area (Å²) in [6.07, 6.45) is 1.48. The van der Waals surface area contributed by atoms with Gasteiger partial charge in [-0.2, -0.15) is 4.98 Å². The van der Waals surface area contributed by atoms with E-state index in [1.807, 2.05) is 19.1 Å². The third-order valence-corrected chi connectivity index (χ3v) is 5.76. The van der Waals surface area contributed by atoms with Gasteiger partial charge in [-0.15, -0.1) is 0 Å². The quantitative estimate of drug-likeness (QED) is 0.366. The van der Waals surface area contributed by atoms with Crippen LogP contribution in [0.3, 0.4) is 0 Å². The van der Waals surface area contributed by atoms with Crippen LogP contribution in [0, 0.1) is 19.7 Å². The van der Waals surface area contributed by atoms with Gasteiger partial charge in [-0.3, -0.25) is 9.59 Å². The van der Waals surface area contributed by atoms with Crippen molar-refractivity contribution in [1.29, 1.82) is 0 Å². The number of methoxy groups -OCH3 is 1. The van der Waals surface area contributed by atoms with Crippen molar-refractivity contribution in [1.82, 2.24) is 19.7 Å². The number of pyridine rings is 2. The van der Waals surface area contributed by atoms with Gasteiger partial charge in [-0.05, 0) is 67.9 Å². The number of benzene rings is 2. The van der Waals surface area contributed by atoms with Crippen molar-refractivity contribution in [2.75, 3.05) is 12.4 Å². The molecule has 5 rings (SSSR count). The highest BCUT2D eigenvalue weighted by molar-refractivity contribution is 5.93. The summed E-state index contributed by atoms with van der Waals surface area (Å²) in [5.41, 5.74) is 2.79. The smallest absolute Gasteiger partial charge is 0.263 e. The van der Waals surface area contributed by atoms with Gasteiger partial charge in [-0.25, -0.2) is 9.37 Å². The Morgan fingerprint density at radius 3 is 2.62 bits per heavy atom. The van der Waals surface area contributed by atoms with Crippen LogP contribution in [-0.4, -0.2) is 32.7 Å². The molecule has 1 amide bonds. The first-order valence-corrected chi connectivity index (χ1v) is 11.4. The summed E-state index contributed by atoms with van der Waals surface area (Å²) in [6.45, 7) is 3.57. The highest BCUT2D eigenvalue weighted by Crippen LogP contribution is 2.26.